The molecule has 0 radical (unpaired) electrons. The minimum Gasteiger partial charge on any atom is -0.748 e. The standard InChI is InChI=1S/C6H10O5S.Na/c1-5(2)6(7)11-3-4-12(8,9)10;/h1,3-4H2,2H3,(H,8,9,10);/q;+1/p-1. The third-order valence-corrected chi connectivity index (χ3v) is 1.58. The SMILES string of the molecule is C=C(C)C(=O)OCCS(=O)(=O)[O-].[Na+]. The van der Waals surface area contributed by atoms with Crippen LogP contribution in [-0.2, 0) is 19.6 Å². The fourth-order valence-corrected chi connectivity index (χ4v) is 0.647. The van der Waals surface area contributed by atoms with Gasteiger partial charge >= 0.3 is 35.5 Å². The van der Waals surface area contributed by atoms with Crippen molar-refractivity contribution in [3.05, 3.63) is 12.2 Å². The summed E-state index contributed by atoms with van der Waals surface area (Å²) >= 11 is 0. The van der Waals surface area contributed by atoms with E-state index >= 15 is 0 Å². The van der Waals surface area contributed by atoms with Crippen molar-refractivity contribution in [2.45, 2.75) is 6.92 Å². The Balaban J connectivity index is 0. The van der Waals surface area contributed by atoms with Crippen LogP contribution in [0.1, 0.15) is 6.92 Å². The van der Waals surface area contributed by atoms with Crippen LogP contribution in [0.3, 0.4) is 0 Å². The van der Waals surface area contributed by atoms with Crippen LogP contribution in [0, 0.1) is 0 Å². The summed E-state index contributed by atoms with van der Waals surface area (Å²) in [5.74, 6) is -1.40. The summed E-state index contributed by atoms with van der Waals surface area (Å²) < 4.78 is 34.4. The first-order valence-corrected chi connectivity index (χ1v) is 4.67. The van der Waals surface area contributed by atoms with Crippen molar-refractivity contribution in [3.8, 4) is 0 Å². The Morgan fingerprint density at radius 1 is 1.54 bits per heavy atom. The second-order valence-electron chi connectivity index (χ2n) is 2.18. The van der Waals surface area contributed by atoms with Gasteiger partial charge in [0, 0.05) is 5.57 Å². The monoisotopic (exact) mass is 216 g/mol. The summed E-state index contributed by atoms with van der Waals surface area (Å²) in [4.78, 5) is 10.6. The molecule has 5 nitrogen and oxygen atoms in total. The molecule has 7 heteroatoms. The molecule has 13 heavy (non-hydrogen) atoms. The molecule has 0 saturated carbocycles. The van der Waals surface area contributed by atoms with Crippen molar-refractivity contribution < 1.29 is 52.1 Å². The molecule has 0 fully saturated rings. The van der Waals surface area contributed by atoms with Crippen molar-refractivity contribution >= 4 is 16.1 Å². The molecule has 0 aromatic heterocycles. The van der Waals surface area contributed by atoms with Gasteiger partial charge in [-0.2, -0.15) is 0 Å². The maximum absolute atomic E-state index is 10.6. The Bertz CT molecular complexity index is 281. The molecule has 0 atom stereocenters. The van der Waals surface area contributed by atoms with Gasteiger partial charge in [0.05, 0.1) is 15.9 Å². The minimum absolute atomic E-state index is 0. The largest absolute Gasteiger partial charge is 1.00 e. The van der Waals surface area contributed by atoms with Crippen LogP contribution in [-0.4, -0.2) is 31.3 Å². The molecule has 0 aromatic rings. The van der Waals surface area contributed by atoms with E-state index in [0.29, 0.717) is 0 Å². The maximum Gasteiger partial charge on any atom is 1.00 e. The third-order valence-electron chi connectivity index (χ3n) is 0.915. The predicted molar refractivity (Wildman–Crippen MR) is 40.3 cm³/mol. The van der Waals surface area contributed by atoms with Crippen LogP contribution in [0.4, 0.5) is 0 Å². The Hall–Kier alpha value is 0.120. The van der Waals surface area contributed by atoms with Gasteiger partial charge in [0.25, 0.3) is 0 Å². The zero-order valence-electron chi connectivity index (χ0n) is 7.57. The summed E-state index contributed by atoms with van der Waals surface area (Å²) in [5, 5.41) is 0. The zero-order chi connectivity index (χ0) is 9.78. The maximum atomic E-state index is 10.6. The molecule has 0 unspecified atom stereocenters. The van der Waals surface area contributed by atoms with E-state index in [1.165, 1.54) is 6.92 Å². The summed E-state index contributed by atoms with van der Waals surface area (Å²) in [7, 11) is -4.30. The van der Waals surface area contributed by atoms with Crippen LogP contribution < -0.4 is 29.6 Å². The Kier molecular flexibility index (Phi) is 7.86. The fraction of sp³-hybridized carbons (Fsp3) is 0.500. The van der Waals surface area contributed by atoms with E-state index in [2.05, 4.69) is 11.3 Å². The number of hydrogen-bond donors (Lipinski definition) is 0. The number of rotatable bonds is 4. The van der Waals surface area contributed by atoms with E-state index in [0.717, 1.165) is 0 Å². The van der Waals surface area contributed by atoms with Gasteiger partial charge in [-0.05, 0) is 6.92 Å². The molecular formula is C6H9NaO5S. The predicted octanol–water partition coefficient (Wildman–Crippen LogP) is -3.35. The average Bonchev–Trinajstić information content (AvgIpc) is 1.84. The number of ether oxygens (including phenoxy) is 1. The Morgan fingerprint density at radius 3 is 2.31 bits per heavy atom. The summed E-state index contributed by atoms with van der Waals surface area (Å²) in [6.07, 6.45) is 0. The average molecular weight is 216 g/mol. The van der Waals surface area contributed by atoms with Crippen LogP contribution in [0.25, 0.3) is 0 Å². The molecule has 70 valence electrons. The van der Waals surface area contributed by atoms with Gasteiger partial charge in [-0.1, -0.05) is 6.58 Å². The molecule has 0 amide bonds. The number of carbonyl (C=O) groups excluding carboxylic acids is 1. The molecule has 0 spiro atoms. The van der Waals surface area contributed by atoms with Gasteiger partial charge < -0.3 is 9.29 Å². The molecule has 0 aromatic carbocycles. The summed E-state index contributed by atoms with van der Waals surface area (Å²) in [6, 6.07) is 0. The van der Waals surface area contributed by atoms with Crippen molar-refractivity contribution in [1.82, 2.24) is 0 Å². The molecule has 0 rings (SSSR count). The first kappa shape index (κ1) is 15.6. The third kappa shape index (κ3) is 10.0. The van der Waals surface area contributed by atoms with Crippen molar-refractivity contribution in [1.29, 1.82) is 0 Å². The minimum atomic E-state index is -4.30. The Labute approximate surface area is 99.2 Å². The Morgan fingerprint density at radius 2 is 2.00 bits per heavy atom. The molecular weight excluding hydrogens is 207 g/mol. The van der Waals surface area contributed by atoms with Gasteiger partial charge in [-0.15, -0.1) is 0 Å². The number of carbonyl (C=O) groups is 1. The molecule has 0 aliphatic heterocycles. The molecule has 0 aliphatic carbocycles. The van der Waals surface area contributed by atoms with Crippen LogP contribution in [0.5, 0.6) is 0 Å². The van der Waals surface area contributed by atoms with Crippen LogP contribution >= 0.6 is 0 Å². The molecule has 0 aliphatic rings. The zero-order valence-corrected chi connectivity index (χ0v) is 10.4. The molecule has 0 heterocycles. The van der Waals surface area contributed by atoms with Crippen LogP contribution in [0.2, 0.25) is 0 Å². The molecule has 0 saturated heterocycles. The number of hydrogen-bond acceptors (Lipinski definition) is 5. The van der Waals surface area contributed by atoms with Gasteiger partial charge in [0.2, 0.25) is 0 Å². The van der Waals surface area contributed by atoms with E-state index in [4.69, 9.17) is 0 Å². The van der Waals surface area contributed by atoms with Gasteiger partial charge in [0.1, 0.15) is 6.61 Å². The van der Waals surface area contributed by atoms with Gasteiger partial charge in [-0.25, -0.2) is 13.2 Å². The van der Waals surface area contributed by atoms with Crippen molar-refractivity contribution in [2.75, 3.05) is 12.4 Å². The van der Waals surface area contributed by atoms with E-state index in [1.54, 1.807) is 0 Å². The quantitative estimate of drug-likeness (QED) is 0.212. The van der Waals surface area contributed by atoms with Crippen molar-refractivity contribution in [2.24, 2.45) is 0 Å². The normalized spacial score (nSPS) is 10.0. The van der Waals surface area contributed by atoms with Gasteiger partial charge in [-0.3, -0.25) is 0 Å². The molecule has 0 bridgehead atoms. The smallest absolute Gasteiger partial charge is 0.748 e. The van der Waals surface area contributed by atoms with E-state index in [1.807, 2.05) is 0 Å². The van der Waals surface area contributed by atoms with E-state index in [-0.39, 0.29) is 35.1 Å². The first-order chi connectivity index (χ1) is 5.33. The second-order valence-corrected chi connectivity index (χ2v) is 3.70. The fourth-order valence-electron chi connectivity index (χ4n) is 0.360. The van der Waals surface area contributed by atoms with Gasteiger partial charge in [0.15, 0.2) is 0 Å². The van der Waals surface area contributed by atoms with Crippen molar-refractivity contribution in [3.63, 3.8) is 0 Å². The van der Waals surface area contributed by atoms with E-state index in [9.17, 15) is 17.8 Å². The topological polar surface area (TPSA) is 83.5 Å². The van der Waals surface area contributed by atoms with E-state index < -0.39 is 28.4 Å². The van der Waals surface area contributed by atoms with Crippen LogP contribution in [0.15, 0.2) is 12.2 Å². The number of esters is 1. The molecule has 0 N–H and O–H groups in total. The second kappa shape index (κ2) is 6.56. The summed E-state index contributed by atoms with van der Waals surface area (Å²) in [5.41, 5.74) is 0.165. The first-order valence-electron chi connectivity index (χ1n) is 3.09. The summed E-state index contributed by atoms with van der Waals surface area (Å²) in [6.45, 7) is 4.27.